The van der Waals surface area contributed by atoms with E-state index in [1.807, 2.05) is 7.05 Å². The molecule has 4 heterocycles. The van der Waals surface area contributed by atoms with Crippen LogP contribution in [0.3, 0.4) is 0 Å². The number of carbonyl (C=O) groups excluding carboxylic acids is 1. The first-order chi connectivity index (χ1) is 14.0. The van der Waals surface area contributed by atoms with Crippen molar-refractivity contribution in [3.8, 4) is 0 Å². The lowest BCUT2D eigenvalue weighted by Crippen LogP contribution is -2.34. The lowest BCUT2D eigenvalue weighted by Gasteiger charge is -2.16. The molecule has 8 nitrogen and oxygen atoms in total. The first-order valence-electron chi connectivity index (χ1n) is 9.68. The minimum atomic E-state index is -0.501. The smallest absolute Gasteiger partial charge is 0.275 e. The highest BCUT2D eigenvalue weighted by molar-refractivity contribution is 6.02. The molecule has 150 valence electrons. The number of anilines is 2. The first-order valence-corrected chi connectivity index (χ1v) is 9.68. The summed E-state index contributed by atoms with van der Waals surface area (Å²) in [6.45, 7) is 3.63. The van der Waals surface area contributed by atoms with Crippen molar-refractivity contribution in [3.63, 3.8) is 0 Å². The molecule has 2 N–H and O–H groups in total. The quantitative estimate of drug-likeness (QED) is 0.703. The largest absolute Gasteiger partial charge is 0.353 e. The standard InChI is InChI=1S/C20H22FN7O/c1-12-8-27-9-13(5-14(21)18(27)25-12)26-19(29)15-6-24-17(7-23-15)28-10-16(22-2)20(11-28)3-4-20/h5-9,16,22H,3-4,10-11H2,1-2H3,(H,26,29)/t16-/m1/s1. The summed E-state index contributed by atoms with van der Waals surface area (Å²) in [7, 11) is 2.00. The van der Waals surface area contributed by atoms with Gasteiger partial charge in [-0.1, -0.05) is 0 Å². The summed E-state index contributed by atoms with van der Waals surface area (Å²) < 4.78 is 15.7. The maximum absolute atomic E-state index is 14.2. The van der Waals surface area contributed by atoms with Gasteiger partial charge in [0.15, 0.2) is 11.5 Å². The summed E-state index contributed by atoms with van der Waals surface area (Å²) in [6, 6.07) is 1.71. The van der Waals surface area contributed by atoms with Crippen LogP contribution in [0.4, 0.5) is 15.9 Å². The minimum Gasteiger partial charge on any atom is -0.353 e. The first kappa shape index (κ1) is 18.0. The molecule has 2 fully saturated rings. The van der Waals surface area contributed by atoms with Crippen LogP contribution < -0.4 is 15.5 Å². The number of likely N-dealkylation sites (N-methyl/N-ethyl adjacent to an activating group) is 1. The molecule has 1 amide bonds. The van der Waals surface area contributed by atoms with Gasteiger partial charge in [0, 0.05) is 43.0 Å². The maximum atomic E-state index is 14.2. The number of amides is 1. The maximum Gasteiger partial charge on any atom is 0.275 e. The Bertz CT molecular complexity index is 1090. The number of pyridine rings is 1. The molecule has 3 aromatic rings. The van der Waals surface area contributed by atoms with E-state index in [-0.39, 0.29) is 11.3 Å². The fraction of sp³-hybridized carbons (Fsp3) is 0.400. The average molecular weight is 395 g/mol. The number of nitrogens with zero attached hydrogens (tertiary/aromatic N) is 5. The van der Waals surface area contributed by atoms with E-state index in [0.29, 0.717) is 22.8 Å². The van der Waals surface area contributed by atoms with Crippen molar-refractivity contribution in [2.24, 2.45) is 5.41 Å². The molecule has 1 aliphatic heterocycles. The van der Waals surface area contributed by atoms with Gasteiger partial charge in [-0.2, -0.15) is 0 Å². The zero-order chi connectivity index (χ0) is 20.2. The van der Waals surface area contributed by atoms with Crippen molar-refractivity contribution in [2.75, 3.05) is 30.4 Å². The molecule has 1 aliphatic carbocycles. The third-order valence-electron chi connectivity index (χ3n) is 5.97. The second kappa shape index (κ2) is 6.48. The molecular formula is C20H22FN7O. The topological polar surface area (TPSA) is 87.5 Å². The van der Waals surface area contributed by atoms with Gasteiger partial charge >= 0.3 is 0 Å². The summed E-state index contributed by atoms with van der Waals surface area (Å²) in [5, 5.41) is 6.08. The Labute approximate surface area is 167 Å². The van der Waals surface area contributed by atoms with E-state index in [1.165, 1.54) is 25.1 Å². The zero-order valence-corrected chi connectivity index (χ0v) is 16.3. The van der Waals surface area contributed by atoms with Gasteiger partial charge < -0.3 is 19.9 Å². The highest BCUT2D eigenvalue weighted by atomic mass is 19.1. The van der Waals surface area contributed by atoms with Gasteiger partial charge in [0.25, 0.3) is 5.91 Å². The number of carbonyl (C=O) groups is 1. The molecule has 1 saturated carbocycles. The number of fused-ring (bicyclic) bond motifs is 1. The third kappa shape index (κ3) is 3.11. The second-order valence-electron chi connectivity index (χ2n) is 7.99. The van der Waals surface area contributed by atoms with E-state index in [2.05, 4.69) is 30.5 Å². The van der Waals surface area contributed by atoms with Crippen molar-refractivity contribution in [1.29, 1.82) is 0 Å². The number of aromatic nitrogens is 4. The molecule has 5 rings (SSSR count). The number of nitrogens with one attached hydrogen (secondary N) is 2. The number of halogens is 1. The predicted octanol–water partition coefficient (Wildman–Crippen LogP) is 2.01. The number of hydrogen-bond acceptors (Lipinski definition) is 6. The third-order valence-corrected chi connectivity index (χ3v) is 5.97. The highest BCUT2D eigenvalue weighted by Gasteiger charge is 2.54. The van der Waals surface area contributed by atoms with Gasteiger partial charge in [0.05, 0.1) is 23.8 Å². The summed E-state index contributed by atoms with van der Waals surface area (Å²) >= 11 is 0. The van der Waals surface area contributed by atoms with Gasteiger partial charge in [0.2, 0.25) is 0 Å². The Morgan fingerprint density at radius 2 is 2.10 bits per heavy atom. The molecule has 0 unspecified atom stereocenters. The van der Waals surface area contributed by atoms with Crippen molar-refractivity contribution >= 4 is 23.1 Å². The van der Waals surface area contributed by atoms with E-state index >= 15 is 0 Å². The Morgan fingerprint density at radius 1 is 1.28 bits per heavy atom. The highest BCUT2D eigenvalue weighted by Crippen LogP contribution is 2.53. The van der Waals surface area contributed by atoms with Crippen molar-refractivity contribution in [2.45, 2.75) is 25.8 Å². The molecule has 0 radical (unpaired) electrons. The molecule has 0 aromatic carbocycles. The average Bonchev–Trinajstić information content (AvgIpc) is 3.22. The molecular weight excluding hydrogens is 373 g/mol. The number of imidazole rings is 1. The summed E-state index contributed by atoms with van der Waals surface area (Å²) in [6.07, 6.45) is 8.89. The lowest BCUT2D eigenvalue weighted by atomic mass is 10.0. The van der Waals surface area contributed by atoms with Crippen LogP contribution in [-0.4, -0.2) is 51.4 Å². The monoisotopic (exact) mass is 395 g/mol. The van der Waals surface area contributed by atoms with Gasteiger partial charge in [-0.25, -0.2) is 19.3 Å². The Morgan fingerprint density at radius 3 is 2.76 bits per heavy atom. The number of aryl methyl sites for hydroxylation is 1. The molecule has 1 saturated heterocycles. The van der Waals surface area contributed by atoms with Gasteiger partial charge in [-0.05, 0) is 26.8 Å². The van der Waals surface area contributed by atoms with Crippen LogP contribution in [0.2, 0.25) is 0 Å². The van der Waals surface area contributed by atoms with Crippen LogP contribution in [0, 0.1) is 18.2 Å². The molecule has 3 aromatic heterocycles. The van der Waals surface area contributed by atoms with Crippen molar-refractivity contribution < 1.29 is 9.18 Å². The minimum absolute atomic E-state index is 0.182. The SMILES string of the molecule is CN[C@@H]1CN(c2cnc(C(=O)Nc3cc(F)c4nc(C)cn4c3)cn2)CC12CC2. The van der Waals surface area contributed by atoms with Crippen molar-refractivity contribution in [3.05, 3.63) is 48.1 Å². The molecule has 0 bridgehead atoms. The lowest BCUT2D eigenvalue weighted by molar-refractivity contribution is 0.102. The molecule has 2 aliphatic rings. The van der Waals surface area contributed by atoms with E-state index in [1.54, 1.807) is 29.9 Å². The normalized spacial score (nSPS) is 19.8. The van der Waals surface area contributed by atoms with Crippen LogP contribution in [0.25, 0.3) is 5.65 Å². The fourth-order valence-corrected chi connectivity index (χ4v) is 4.25. The summed E-state index contributed by atoms with van der Waals surface area (Å²) in [4.78, 5) is 27.6. The van der Waals surface area contributed by atoms with Crippen molar-refractivity contribution in [1.82, 2.24) is 24.7 Å². The van der Waals surface area contributed by atoms with E-state index < -0.39 is 11.7 Å². The van der Waals surface area contributed by atoms with Crippen LogP contribution in [0.15, 0.2) is 30.9 Å². The van der Waals surface area contributed by atoms with Crippen LogP contribution in [0.5, 0.6) is 0 Å². The molecule has 1 spiro atoms. The van der Waals surface area contributed by atoms with Gasteiger partial charge in [-0.15, -0.1) is 0 Å². The van der Waals surface area contributed by atoms with E-state index in [4.69, 9.17) is 0 Å². The Hall–Kier alpha value is -3.07. The van der Waals surface area contributed by atoms with E-state index in [0.717, 1.165) is 18.9 Å². The van der Waals surface area contributed by atoms with Crippen LogP contribution in [0.1, 0.15) is 29.0 Å². The Balaban J connectivity index is 1.31. The Kier molecular flexibility index (Phi) is 4.02. The van der Waals surface area contributed by atoms with Gasteiger partial charge in [0.1, 0.15) is 11.5 Å². The molecule has 1 atom stereocenters. The predicted molar refractivity (Wildman–Crippen MR) is 107 cm³/mol. The number of hydrogen-bond donors (Lipinski definition) is 2. The van der Waals surface area contributed by atoms with Crippen LogP contribution in [-0.2, 0) is 0 Å². The molecule has 29 heavy (non-hydrogen) atoms. The summed E-state index contributed by atoms with van der Waals surface area (Å²) in [5.41, 5.74) is 1.80. The fourth-order valence-electron chi connectivity index (χ4n) is 4.25. The van der Waals surface area contributed by atoms with Gasteiger partial charge in [-0.3, -0.25) is 4.79 Å². The summed E-state index contributed by atoms with van der Waals surface area (Å²) in [5.74, 6) is -0.167. The second-order valence-corrected chi connectivity index (χ2v) is 7.99. The zero-order valence-electron chi connectivity index (χ0n) is 16.3. The number of rotatable bonds is 4. The van der Waals surface area contributed by atoms with E-state index in [9.17, 15) is 9.18 Å². The molecule has 9 heteroatoms. The van der Waals surface area contributed by atoms with Crippen LogP contribution >= 0.6 is 0 Å².